The third-order valence-electron chi connectivity index (χ3n) is 3.89. The summed E-state index contributed by atoms with van der Waals surface area (Å²) in [6.07, 6.45) is 7.37. The highest BCUT2D eigenvalue weighted by molar-refractivity contribution is 5.97. The Bertz CT molecular complexity index is 574. The molecule has 0 spiro atoms. The molecule has 0 fully saturated rings. The van der Waals surface area contributed by atoms with Gasteiger partial charge in [-0.05, 0) is 37.8 Å². The van der Waals surface area contributed by atoms with Crippen molar-refractivity contribution in [3.8, 4) is 11.5 Å². The molecule has 0 bridgehead atoms. The van der Waals surface area contributed by atoms with Crippen LogP contribution in [-0.4, -0.2) is 19.2 Å². The van der Waals surface area contributed by atoms with E-state index in [4.69, 9.17) is 14.2 Å². The summed E-state index contributed by atoms with van der Waals surface area (Å²) in [7, 11) is 1.62. The van der Waals surface area contributed by atoms with Crippen molar-refractivity contribution in [1.29, 1.82) is 0 Å². The fourth-order valence-electron chi connectivity index (χ4n) is 2.75. The Morgan fingerprint density at radius 1 is 1.35 bits per heavy atom. The highest BCUT2D eigenvalue weighted by atomic mass is 16.5. The van der Waals surface area contributed by atoms with Gasteiger partial charge >= 0.3 is 5.97 Å². The Labute approximate surface area is 118 Å². The van der Waals surface area contributed by atoms with Gasteiger partial charge in [0.2, 0.25) is 0 Å². The molecule has 1 aromatic carbocycles. The fourth-order valence-corrected chi connectivity index (χ4v) is 2.75. The largest absolute Gasteiger partial charge is 0.496 e. The number of cyclic esters (lactones) is 1. The van der Waals surface area contributed by atoms with Crippen LogP contribution in [0, 0.1) is 6.92 Å². The molecule has 0 amide bonds. The Hall–Kier alpha value is -1.97. The Balaban J connectivity index is 2.01. The summed E-state index contributed by atoms with van der Waals surface area (Å²) >= 11 is 0. The molecule has 0 saturated carbocycles. The first-order valence-corrected chi connectivity index (χ1v) is 6.91. The number of fused-ring (bicyclic) bond motifs is 1. The number of benzene rings is 1. The lowest BCUT2D eigenvalue weighted by Crippen LogP contribution is -2.17. The molecule has 0 aromatic heterocycles. The van der Waals surface area contributed by atoms with Gasteiger partial charge in [0, 0.05) is 11.6 Å². The molecule has 106 valence electrons. The molecular formula is C16H18O4. The zero-order valence-corrected chi connectivity index (χ0v) is 11.8. The number of hydrogen-bond acceptors (Lipinski definition) is 4. The first kappa shape index (κ1) is 13.0. The molecule has 1 unspecified atom stereocenters. The molecule has 4 nitrogen and oxygen atoms in total. The van der Waals surface area contributed by atoms with Crippen LogP contribution in [0.5, 0.6) is 11.5 Å². The summed E-state index contributed by atoms with van der Waals surface area (Å²) in [6.45, 7) is 2.23. The van der Waals surface area contributed by atoms with Crippen LogP contribution in [0.2, 0.25) is 0 Å². The van der Waals surface area contributed by atoms with Gasteiger partial charge in [0.1, 0.15) is 29.8 Å². The maximum Gasteiger partial charge on any atom is 0.342 e. The van der Waals surface area contributed by atoms with Crippen LogP contribution in [0.25, 0.3) is 0 Å². The summed E-state index contributed by atoms with van der Waals surface area (Å²) in [5, 5.41) is 0. The van der Waals surface area contributed by atoms with E-state index in [1.807, 2.05) is 6.92 Å². The van der Waals surface area contributed by atoms with E-state index in [0.717, 1.165) is 36.1 Å². The second-order valence-electron chi connectivity index (χ2n) is 5.15. The molecule has 0 N–H and O–H groups in total. The summed E-state index contributed by atoms with van der Waals surface area (Å²) in [6, 6.07) is 1.79. The van der Waals surface area contributed by atoms with Gasteiger partial charge in [-0.2, -0.15) is 0 Å². The molecule has 1 aliphatic heterocycles. The number of esters is 1. The van der Waals surface area contributed by atoms with Crippen LogP contribution >= 0.6 is 0 Å². The van der Waals surface area contributed by atoms with E-state index in [9.17, 15) is 4.79 Å². The highest BCUT2D eigenvalue weighted by Gasteiger charge is 2.30. The van der Waals surface area contributed by atoms with Crippen LogP contribution in [0.15, 0.2) is 18.2 Å². The SMILES string of the molecule is COc1cc(OC2C=CCCC2)c2c(c1C)COC2=O. The molecule has 2 aliphatic rings. The molecule has 1 aliphatic carbocycles. The zero-order valence-electron chi connectivity index (χ0n) is 11.8. The van der Waals surface area contributed by atoms with Crippen molar-refractivity contribution < 1.29 is 19.0 Å². The number of carbonyl (C=O) groups excluding carboxylic acids is 1. The predicted molar refractivity (Wildman–Crippen MR) is 74.3 cm³/mol. The molecule has 0 saturated heterocycles. The third kappa shape index (κ3) is 2.15. The second-order valence-corrected chi connectivity index (χ2v) is 5.15. The number of rotatable bonds is 3. The molecule has 1 aromatic rings. The van der Waals surface area contributed by atoms with E-state index in [2.05, 4.69) is 12.2 Å². The van der Waals surface area contributed by atoms with Crippen molar-refractivity contribution in [2.24, 2.45) is 0 Å². The third-order valence-corrected chi connectivity index (χ3v) is 3.89. The minimum absolute atomic E-state index is 0.0219. The summed E-state index contributed by atoms with van der Waals surface area (Å²) in [5.41, 5.74) is 2.38. The van der Waals surface area contributed by atoms with E-state index in [0.29, 0.717) is 17.9 Å². The van der Waals surface area contributed by atoms with Crippen LogP contribution < -0.4 is 9.47 Å². The van der Waals surface area contributed by atoms with E-state index < -0.39 is 0 Å². The van der Waals surface area contributed by atoms with E-state index >= 15 is 0 Å². The second kappa shape index (κ2) is 5.19. The lowest BCUT2D eigenvalue weighted by Gasteiger charge is -2.20. The van der Waals surface area contributed by atoms with Crippen molar-refractivity contribution in [2.75, 3.05) is 7.11 Å². The van der Waals surface area contributed by atoms with E-state index in [-0.39, 0.29) is 12.1 Å². The van der Waals surface area contributed by atoms with Crippen molar-refractivity contribution in [3.05, 3.63) is 34.9 Å². The van der Waals surface area contributed by atoms with Crippen LogP contribution in [0.3, 0.4) is 0 Å². The van der Waals surface area contributed by atoms with Crippen LogP contribution in [0.4, 0.5) is 0 Å². The van der Waals surface area contributed by atoms with Gasteiger partial charge in [-0.25, -0.2) is 4.79 Å². The molecular weight excluding hydrogens is 256 g/mol. The summed E-state index contributed by atoms with van der Waals surface area (Å²) in [4.78, 5) is 11.9. The van der Waals surface area contributed by atoms with Gasteiger partial charge in [-0.15, -0.1) is 0 Å². The zero-order chi connectivity index (χ0) is 14.1. The monoisotopic (exact) mass is 274 g/mol. The first-order valence-electron chi connectivity index (χ1n) is 6.91. The maximum atomic E-state index is 11.9. The predicted octanol–water partition coefficient (Wildman–Crippen LogP) is 3.16. The number of allylic oxidation sites excluding steroid dienone is 1. The minimum Gasteiger partial charge on any atom is -0.496 e. The summed E-state index contributed by atoms with van der Waals surface area (Å²) in [5.74, 6) is 0.999. The van der Waals surface area contributed by atoms with E-state index in [1.54, 1.807) is 13.2 Å². The average molecular weight is 274 g/mol. The Morgan fingerprint density at radius 3 is 2.90 bits per heavy atom. The molecule has 4 heteroatoms. The number of ether oxygens (including phenoxy) is 3. The Morgan fingerprint density at radius 2 is 2.20 bits per heavy atom. The van der Waals surface area contributed by atoms with Gasteiger partial charge < -0.3 is 14.2 Å². The Kier molecular flexibility index (Phi) is 3.38. The first-order chi connectivity index (χ1) is 9.70. The standard InChI is InChI=1S/C16H18O4/c1-10-12-9-19-16(17)15(12)14(8-13(10)18-2)20-11-6-4-3-5-7-11/h4,6,8,11H,3,5,7,9H2,1-2H3. The lowest BCUT2D eigenvalue weighted by molar-refractivity contribution is 0.0531. The lowest BCUT2D eigenvalue weighted by atomic mass is 10.0. The van der Waals surface area contributed by atoms with Gasteiger partial charge in [0.05, 0.1) is 7.11 Å². The molecule has 3 rings (SSSR count). The smallest absolute Gasteiger partial charge is 0.342 e. The summed E-state index contributed by atoms with van der Waals surface area (Å²) < 4.78 is 16.5. The topological polar surface area (TPSA) is 44.8 Å². The van der Waals surface area contributed by atoms with E-state index in [1.165, 1.54) is 0 Å². The highest BCUT2D eigenvalue weighted by Crippen LogP contribution is 2.38. The van der Waals surface area contributed by atoms with Crippen molar-refractivity contribution >= 4 is 5.97 Å². The number of methoxy groups -OCH3 is 1. The normalized spacial score (nSPS) is 20.5. The molecule has 20 heavy (non-hydrogen) atoms. The number of hydrogen-bond donors (Lipinski definition) is 0. The fraction of sp³-hybridized carbons (Fsp3) is 0.438. The van der Waals surface area contributed by atoms with Gasteiger partial charge in [-0.3, -0.25) is 0 Å². The number of carbonyl (C=O) groups is 1. The van der Waals surface area contributed by atoms with Crippen LogP contribution in [0.1, 0.15) is 40.7 Å². The molecule has 0 radical (unpaired) electrons. The van der Waals surface area contributed by atoms with Gasteiger partial charge in [0.15, 0.2) is 0 Å². The van der Waals surface area contributed by atoms with Gasteiger partial charge in [-0.1, -0.05) is 6.08 Å². The maximum absolute atomic E-state index is 11.9. The average Bonchev–Trinajstić information content (AvgIpc) is 2.86. The van der Waals surface area contributed by atoms with Crippen molar-refractivity contribution in [2.45, 2.75) is 38.9 Å². The minimum atomic E-state index is -0.305. The van der Waals surface area contributed by atoms with Crippen molar-refractivity contribution in [1.82, 2.24) is 0 Å². The van der Waals surface area contributed by atoms with Gasteiger partial charge in [0.25, 0.3) is 0 Å². The quantitative estimate of drug-likeness (QED) is 0.627. The molecule has 1 heterocycles. The van der Waals surface area contributed by atoms with Crippen LogP contribution in [-0.2, 0) is 11.3 Å². The van der Waals surface area contributed by atoms with Crippen molar-refractivity contribution in [3.63, 3.8) is 0 Å². The molecule has 1 atom stereocenters.